The number of halogens is 4. The van der Waals surface area contributed by atoms with E-state index in [4.69, 9.17) is 4.74 Å². The largest absolute Gasteiger partial charge is 0.487 e. The van der Waals surface area contributed by atoms with E-state index in [0.717, 1.165) is 12.3 Å². The molecule has 0 saturated heterocycles. The molecule has 0 saturated carbocycles. The molecule has 0 fully saturated rings. The fraction of sp³-hybridized carbons (Fsp3) is 0.312. The molecule has 0 N–H and O–H groups in total. The molecule has 1 heterocycles. The van der Waals surface area contributed by atoms with Crippen LogP contribution in [0.25, 0.3) is 0 Å². The summed E-state index contributed by atoms with van der Waals surface area (Å²) in [5, 5.41) is 0. The number of nitrogens with zero attached hydrogens (tertiary/aromatic N) is 1. The van der Waals surface area contributed by atoms with Gasteiger partial charge in [-0.2, -0.15) is 13.2 Å². The Morgan fingerprint density at radius 1 is 1.14 bits per heavy atom. The Kier molecular flexibility index (Phi) is 4.68. The molecule has 0 atom stereocenters. The molecule has 1 aromatic heterocycles. The van der Waals surface area contributed by atoms with Crippen LogP contribution < -0.4 is 4.74 Å². The van der Waals surface area contributed by atoms with Gasteiger partial charge in [-0.05, 0) is 41.8 Å². The second-order valence-corrected chi connectivity index (χ2v) is 5.16. The van der Waals surface area contributed by atoms with Gasteiger partial charge in [0.1, 0.15) is 18.2 Å². The van der Waals surface area contributed by atoms with Crippen molar-refractivity contribution >= 4 is 0 Å². The summed E-state index contributed by atoms with van der Waals surface area (Å²) in [7, 11) is 0. The van der Waals surface area contributed by atoms with Crippen LogP contribution in [-0.2, 0) is 12.8 Å². The third-order valence-corrected chi connectivity index (χ3v) is 3.13. The van der Waals surface area contributed by atoms with Crippen molar-refractivity contribution in [1.82, 2.24) is 4.98 Å². The number of hydrogen-bond acceptors (Lipinski definition) is 2. The summed E-state index contributed by atoms with van der Waals surface area (Å²) in [6.07, 6.45) is -3.64. The van der Waals surface area contributed by atoms with Gasteiger partial charge in [0.2, 0.25) is 0 Å². The van der Waals surface area contributed by atoms with Crippen molar-refractivity contribution in [3.05, 3.63) is 59.2 Å². The Bertz CT molecular complexity index is 636. The summed E-state index contributed by atoms with van der Waals surface area (Å²) in [5.41, 5.74) is 0.0847. The van der Waals surface area contributed by atoms with Gasteiger partial charge in [0.05, 0.1) is 11.3 Å². The lowest BCUT2D eigenvalue weighted by atomic mass is 10.0. The standard InChI is InChI=1S/C16H15F4NO/c1-10(2)14-7-13(5-6-15(14)17)22-9-12-4-3-11(8-21-12)16(18,19)20/h3-8,10H,9H2,1-2H3. The summed E-state index contributed by atoms with van der Waals surface area (Å²) in [5.74, 6) is 0.148. The summed E-state index contributed by atoms with van der Waals surface area (Å²) in [4.78, 5) is 3.72. The fourth-order valence-corrected chi connectivity index (χ4v) is 1.89. The van der Waals surface area contributed by atoms with Gasteiger partial charge in [0, 0.05) is 6.20 Å². The maximum atomic E-state index is 13.6. The van der Waals surface area contributed by atoms with Crippen LogP contribution in [0.3, 0.4) is 0 Å². The molecule has 0 aliphatic carbocycles. The fourth-order valence-electron chi connectivity index (χ4n) is 1.89. The summed E-state index contributed by atoms with van der Waals surface area (Å²) >= 11 is 0. The van der Waals surface area contributed by atoms with E-state index in [1.165, 1.54) is 18.2 Å². The highest BCUT2D eigenvalue weighted by molar-refractivity contribution is 5.32. The Balaban J connectivity index is 2.06. The molecule has 22 heavy (non-hydrogen) atoms. The molecule has 0 radical (unpaired) electrons. The third kappa shape index (κ3) is 3.96. The number of ether oxygens (including phenoxy) is 1. The molecule has 0 unspecified atom stereocenters. The Morgan fingerprint density at radius 2 is 1.86 bits per heavy atom. The maximum absolute atomic E-state index is 13.6. The Labute approximate surface area is 125 Å². The minimum Gasteiger partial charge on any atom is -0.487 e. The van der Waals surface area contributed by atoms with Crippen molar-refractivity contribution in [2.75, 3.05) is 0 Å². The average molecular weight is 313 g/mol. The number of rotatable bonds is 4. The monoisotopic (exact) mass is 313 g/mol. The SMILES string of the molecule is CC(C)c1cc(OCc2ccc(C(F)(F)F)cn2)ccc1F. The first-order valence-electron chi connectivity index (χ1n) is 6.71. The van der Waals surface area contributed by atoms with E-state index in [-0.39, 0.29) is 18.3 Å². The van der Waals surface area contributed by atoms with Crippen LogP contribution in [-0.4, -0.2) is 4.98 Å². The molecular formula is C16H15F4NO. The van der Waals surface area contributed by atoms with E-state index in [2.05, 4.69) is 4.98 Å². The molecule has 0 aliphatic heterocycles. The van der Waals surface area contributed by atoms with Crippen LogP contribution in [0, 0.1) is 5.82 Å². The highest BCUT2D eigenvalue weighted by Gasteiger charge is 2.30. The summed E-state index contributed by atoms with van der Waals surface area (Å²) < 4.78 is 56.3. The van der Waals surface area contributed by atoms with Gasteiger partial charge < -0.3 is 4.74 Å². The molecule has 2 rings (SSSR count). The minimum absolute atomic E-state index is 0.00717. The molecule has 6 heteroatoms. The molecule has 0 amide bonds. The van der Waals surface area contributed by atoms with Gasteiger partial charge in [0.15, 0.2) is 0 Å². The van der Waals surface area contributed by atoms with E-state index in [0.29, 0.717) is 17.0 Å². The summed E-state index contributed by atoms with van der Waals surface area (Å²) in [6, 6.07) is 6.59. The second kappa shape index (κ2) is 6.34. The topological polar surface area (TPSA) is 22.1 Å². The normalized spacial score (nSPS) is 11.8. The van der Waals surface area contributed by atoms with E-state index in [1.54, 1.807) is 6.07 Å². The van der Waals surface area contributed by atoms with Crippen LogP contribution in [0.2, 0.25) is 0 Å². The minimum atomic E-state index is -4.41. The lowest BCUT2D eigenvalue weighted by Gasteiger charge is -2.11. The first-order valence-corrected chi connectivity index (χ1v) is 6.71. The van der Waals surface area contributed by atoms with Crippen molar-refractivity contribution in [3.8, 4) is 5.75 Å². The first kappa shape index (κ1) is 16.3. The van der Waals surface area contributed by atoms with Gasteiger partial charge in [0.25, 0.3) is 0 Å². The third-order valence-electron chi connectivity index (χ3n) is 3.13. The summed E-state index contributed by atoms with van der Waals surface area (Å²) in [6.45, 7) is 3.74. The van der Waals surface area contributed by atoms with Crippen molar-refractivity contribution in [2.24, 2.45) is 0 Å². The highest BCUT2D eigenvalue weighted by atomic mass is 19.4. The van der Waals surface area contributed by atoms with Gasteiger partial charge in [-0.15, -0.1) is 0 Å². The zero-order chi connectivity index (χ0) is 16.3. The Morgan fingerprint density at radius 3 is 2.41 bits per heavy atom. The van der Waals surface area contributed by atoms with Crippen LogP contribution >= 0.6 is 0 Å². The quantitative estimate of drug-likeness (QED) is 0.746. The highest BCUT2D eigenvalue weighted by Crippen LogP contribution is 2.28. The zero-order valence-electron chi connectivity index (χ0n) is 12.1. The number of benzene rings is 1. The molecule has 2 aromatic rings. The maximum Gasteiger partial charge on any atom is 0.417 e. The van der Waals surface area contributed by atoms with Gasteiger partial charge in [-0.1, -0.05) is 13.8 Å². The lowest BCUT2D eigenvalue weighted by Crippen LogP contribution is -2.07. The van der Waals surface area contributed by atoms with Crippen LogP contribution in [0.1, 0.15) is 36.6 Å². The molecule has 118 valence electrons. The predicted molar refractivity (Wildman–Crippen MR) is 74.1 cm³/mol. The van der Waals surface area contributed by atoms with Crippen molar-refractivity contribution in [2.45, 2.75) is 32.5 Å². The number of aromatic nitrogens is 1. The van der Waals surface area contributed by atoms with E-state index >= 15 is 0 Å². The Hall–Kier alpha value is -2.11. The molecule has 0 spiro atoms. The van der Waals surface area contributed by atoms with Crippen molar-refractivity contribution in [3.63, 3.8) is 0 Å². The number of alkyl halides is 3. The van der Waals surface area contributed by atoms with Gasteiger partial charge in [-0.25, -0.2) is 4.39 Å². The van der Waals surface area contributed by atoms with E-state index < -0.39 is 11.7 Å². The van der Waals surface area contributed by atoms with Gasteiger partial charge in [-0.3, -0.25) is 4.98 Å². The molecule has 0 bridgehead atoms. The molecular weight excluding hydrogens is 298 g/mol. The van der Waals surface area contributed by atoms with Crippen LogP contribution in [0.4, 0.5) is 17.6 Å². The van der Waals surface area contributed by atoms with E-state index in [1.807, 2.05) is 13.8 Å². The second-order valence-electron chi connectivity index (χ2n) is 5.16. The van der Waals surface area contributed by atoms with Gasteiger partial charge >= 0.3 is 6.18 Å². The zero-order valence-corrected chi connectivity index (χ0v) is 12.1. The van der Waals surface area contributed by atoms with Crippen LogP contribution in [0.15, 0.2) is 36.5 Å². The first-order chi connectivity index (χ1) is 10.3. The van der Waals surface area contributed by atoms with E-state index in [9.17, 15) is 17.6 Å². The van der Waals surface area contributed by atoms with Crippen molar-refractivity contribution in [1.29, 1.82) is 0 Å². The number of pyridine rings is 1. The molecule has 1 aromatic carbocycles. The molecule has 0 aliphatic rings. The number of hydrogen-bond donors (Lipinski definition) is 0. The molecule has 2 nitrogen and oxygen atoms in total. The van der Waals surface area contributed by atoms with Crippen molar-refractivity contribution < 1.29 is 22.3 Å². The smallest absolute Gasteiger partial charge is 0.417 e. The predicted octanol–water partition coefficient (Wildman–Crippen LogP) is 4.94. The average Bonchev–Trinajstić information content (AvgIpc) is 2.45. The van der Waals surface area contributed by atoms with Crippen LogP contribution in [0.5, 0.6) is 5.75 Å². The lowest BCUT2D eigenvalue weighted by molar-refractivity contribution is -0.137.